The average molecular weight is 256 g/mol. The van der Waals surface area contributed by atoms with Crippen molar-refractivity contribution in [1.82, 2.24) is 9.78 Å². The second-order valence-corrected chi connectivity index (χ2v) is 3.83. The van der Waals surface area contributed by atoms with Crippen LogP contribution in [0, 0.1) is 0 Å². The molecule has 0 fully saturated rings. The standard InChI is InChI=1S/C9H10BrN3O/c1-13-8-3-2-6(5-14-11)4-7(8)9(10)12-13/h2-4H,5,11H2,1H3. The van der Waals surface area contributed by atoms with Crippen molar-refractivity contribution in [3.05, 3.63) is 28.4 Å². The summed E-state index contributed by atoms with van der Waals surface area (Å²) in [6, 6.07) is 5.99. The molecular formula is C9H10BrN3O. The number of hydrogen-bond donors (Lipinski definition) is 1. The molecule has 0 aliphatic heterocycles. The first-order valence-corrected chi connectivity index (χ1v) is 4.94. The summed E-state index contributed by atoms with van der Waals surface area (Å²) >= 11 is 3.40. The van der Waals surface area contributed by atoms with Crippen molar-refractivity contribution >= 4 is 26.8 Å². The van der Waals surface area contributed by atoms with Crippen LogP contribution in [0.25, 0.3) is 10.9 Å². The Hall–Kier alpha value is -0.910. The van der Waals surface area contributed by atoms with Crippen LogP contribution in [0.5, 0.6) is 0 Å². The molecule has 0 saturated carbocycles. The van der Waals surface area contributed by atoms with Gasteiger partial charge in [0.1, 0.15) is 4.60 Å². The minimum atomic E-state index is 0.414. The van der Waals surface area contributed by atoms with Gasteiger partial charge in [0, 0.05) is 12.4 Å². The van der Waals surface area contributed by atoms with Crippen molar-refractivity contribution in [3.8, 4) is 0 Å². The van der Waals surface area contributed by atoms with E-state index < -0.39 is 0 Å². The Kier molecular flexibility index (Phi) is 2.54. The molecule has 0 radical (unpaired) electrons. The van der Waals surface area contributed by atoms with Crippen LogP contribution in [0.1, 0.15) is 5.56 Å². The smallest absolute Gasteiger partial charge is 0.135 e. The third-order valence-electron chi connectivity index (χ3n) is 2.12. The predicted octanol–water partition coefficient (Wildman–Crippen LogP) is 1.73. The molecule has 0 amide bonds. The normalized spacial score (nSPS) is 11.1. The van der Waals surface area contributed by atoms with Crippen LogP contribution in [0.4, 0.5) is 0 Å². The highest BCUT2D eigenvalue weighted by molar-refractivity contribution is 9.10. The maximum atomic E-state index is 5.02. The lowest BCUT2D eigenvalue weighted by atomic mass is 10.2. The Bertz CT molecular complexity index is 466. The molecule has 1 aromatic heterocycles. The van der Waals surface area contributed by atoms with Gasteiger partial charge in [-0.2, -0.15) is 5.10 Å². The molecule has 5 heteroatoms. The molecule has 0 spiro atoms. The number of nitrogens with zero attached hydrogens (tertiary/aromatic N) is 2. The van der Waals surface area contributed by atoms with Gasteiger partial charge in [0.25, 0.3) is 0 Å². The van der Waals surface area contributed by atoms with Crippen molar-refractivity contribution in [2.45, 2.75) is 6.61 Å². The predicted molar refractivity (Wildman–Crippen MR) is 57.4 cm³/mol. The maximum Gasteiger partial charge on any atom is 0.135 e. The van der Waals surface area contributed by atoms with Gasteiger partial charge in [-0.05, 0) is 33.6 Å². The fourth-order valence-corrected chi connectivity index (χ4v) is 2.01. The molecule has 1 aromatic carbocycles. The minimum Gasteiger partial charge on any atom is -0.300 e. The van der Waals surface area contributed by atoms with Gasteiger partial charge in [-0.15, -0.1) is 0 Å². The number of nitrogens with two attached hydrogens (primary N) is 1. The summed E-state index contributed by atoms with van der Waals surface area (Å²) in [4.78, 5) is 4.58. The van der Waals surface area contributed by atoms with Gasteiger partial charge in [-0.3, -0.25) is 9.52 Å². The van der Waals surface area contributed by atoms with Crippen molar-refractivity contribution in [2.24, 2.45) is 12.9 Å². The lowest BCUT2D eigenvalue weighted by Gasteiger charge is -1.99. The first-order valence-electron chi connectivity index (χ1n) is 4.15. The number of benzene rings is 1. The molecular weight excluding hydrogens is 246 g/mol. The van der Waals surface area contributed by atoms with E-state index in [0.717, 1.165) is 21.1 Å². The van der Waals surface area contributed by atoms with Gasteiger partial charge in [0.05, 0.1) is 12.1 Å². The van der Waals surface area contributed by atoms with E-state index in [1.807, 2.05) is 29.9 Å². The fourth-order valence-electron chi connectivity index (χ4n) is 1.46. The number of aryl methyl sites for hydroxylation is 1. The molecule has 0 aliphatic rings. The van der Waals surface area contributed by atoms with Crippen molar-refractivity contribution in [1.29, 1.82) is 0 Å². The number of aromatic nitrogens is 2. The highest BCUT2D eigenvalue weighted by Crippen LogP contribution is 2.23. The molecule has 0 atom stereocenters. The van der Waals surface area contributed by atoms with E-state index in [1.165, 1.54) is 0 Å². The van der Waals surface area contributed by atoms with E-state index in [1.54, 1.807) is 0 Å². The zero-order chi connectivity index (χ0) is 10.1. The SMILES string of the molecule is Cn1nc(Br)c2cc(CON)ccc21. The molecule has 74 valence electrons. The van der Waals surface area contributed by atoms with Gasteiger partial charge in [0.15, 0.2) is 0 Å². The Morgan fingerprint density at radius 3 is 3.07 bits per heavy atom. The number of halogens is 1. The van der Waals surface area contributed by atoms with Crippen LogP contribution in [-0.4, -0.2) is 9.78 Å². The first-order chi connectivity index (χ1) is 6.72. The third-order valence-corrected chi connectivity index (χ3v) is 2.71. The molecule has 0 aliphatic carbocycles. The molecule has 2 rings (SSSR count). The largest absolute Gasteiger partial charge is 0.300 e. The summed E-state index contributed by atoms with van der Waals surface area (Å²) in [5, 5.41) is 5.32. The highest BCUT2D eigenvalue weighted by atomic mass is 79.9. The molecule has 1 heterocycles. The van der Waals surface area contributed by atoms with Crippen LogP contribution in [0.15, 0.2) is 22.8 Å². The number of fused-ring (bicyclic) bond motifs is 1. The van der Waals surface area contributed by atoms with E-state index in [9.17, 15) is 0 Å². The Balaban J connectivity index is 2.59. The van der Waals surface area contributed by atoms with Crippen LogP contribution in [0.3, 0.4) is 0 Å². The summed E-state index contributed by atoms with van der Waals surface area (Å²) in [6.45, 7) is 0.414. The zero-order valence-electron chi connectivity index (χ0n) is 7.70. The summed E-state index contributed by atoms with van der Waals surface area (Å²) in [6.07, 6.45) is 0. The number of rotatable bonds is 2. The monoisotopic (exact) mass is 255 g/mol. The summed E-state index contributed by atoms with van der Waals surface area (Å²) in [5.74, 6) is 5.02. The first kappa shape index (κ1) is 9.64. The Labute approximate surface area is 89.7 Å². The molecule has 2 N–H and O–H groups in total. The molecule has 2 aromatic rings. The molecule has 0 unspecified atom stereocenters. The van der Waals surface area contributed by atoms with Crippen molar-refractivity contribution in [2.75, 3.05) is 0 Å². The van der Waals surface area contributed by atoms with E-state index in [2.05, 4.69) is 25.9 Å². The highest BCUT2D eigenvalue weighted by Gasteiger charge is 2.06. The molecule has 0 bridgehead atoms. The topological polar surface area (TPSA) is 53.1 Å². The Morgan fingerprint density at radius 2 is 2.36 bits per heavy atom. The van der Waals surface area contributed by atoms with Crippen LogP contribution >= 0.6 is 15.9 Å². The van der Waals surface area contributed by atoms with E-state index >= 15 is 0 Å². The molecule has 14 heavy (non-hydrogen) atoms. The van der Waals surface area contributed by atoms with Gasteiger partial charge in [-0.25, -0.2) is 5.90 Å². The second kappa shape index (κ2) is 3.68. The summed E-state index contributed by atoms with van der Waals surface area (Å²) < 4.78 is 2.67. The lowest BCUT2D eigenvalue weighted by molar-refractivity contribution is 0.124. The third kappa shape index (κ3) is 1.54. The molecule has 0 saturated heterocycles. The van der Waals surface area contributed by atoms with Gasteiger partial charge < -0.3 is 0 Å². The maximum absolute atomic E-state index is 5.02. The fraction of sp³-hybridized carbons (Fsp3) is 0.222. The van der Waals surface area contributed by atoms with E-state index in [-0.39, 0.29) is 0 Å². The summed E-state index contributed by atoms with van der Waals surface area (Å²) in [5.41, 5.74) is 2.12. The van der Waals surface area contributed by atoms with Gasteiger partial charge in [-0.1, -0.05) is 6.07 Å². The van der Waals surface area contributed by atoms with Crippen LogP contribution in [0.2, 0.25) is 0 Å². The van der Waals surface area contributed by atoms with Crippen molar-refractivity contribution < 1.29 is 4.84 Å². The van der Waals surface area contributed by atoms with Crippen LogP contribution in [-0.2, 0) is 18.5 Å². The van der Waals surface area contributed by atoms with Crippen molar-refractivity contribution in [3.63, 3.8) is 0 Å². The van der Waals surface area contributed by atoms with E-state index in [0.29, 0.717) is 6.61 Å². The second-order valence-electron chi connectivity index (χ2n) is 3.08. The Morgan fingerprint density at radius 1 is 1.57 bits per heavy atom. The summed E-state index contributed by atoms with van der Waals surface area (Å²) in [7, 11) is 1.91. The van der Waals surface area contributed by atoms with Gasteiger partial charge in [0.2, 0.25) is 0 Å². The van der Waals surface area contributed by atoms with E-state index in [4.69, 9.17) is 5.90 Å². The average Bonchev–Trinajstić information content (AvgIpc) is 2.43. The quantitative estimate of drug-likeness (QED) is 0.832. The minimum absolute atomic E-state index is 0.414. The molecule has 4 nitrogen and oxygen atoms in total. The number of hydrogen-bond acceptors (Lipinski definition) is 3. The van der Waals surface area contributed by atoms with Crippen LogP contribution < -0.4 is 5.90 Å². The lowest BCUT2D eigenvalue weighted by Crippen LogP contribution is -1.98. The zero-order valence-corrected chi connectivity index (χ0v) is 9.28. The van der Waals surface area contributed by atoms with Gasteiger partial charge >= 0.3 is 0 Å².